The van der Waals surface area contributed by atoms with E-state index in [0.29, 0.717) is 18.8 Å². The average molecular weight is 547 g/mol. The van der Waals surface area contributed by atoms with Crippen molar-refractivity contribution in [3.8, 4) is 6.07 Å². The summed E-state index contributed by atoms with van der Waals surface area (Å²) in [5, 5.41) is 9.45. The monoisotopic (exact) mass is 545 g/mol. The van der Waals surface area contributed by atoms with Gasteiger partial charge in [-0.1, -0.05) is 6.07 Å². The summed E-state index contributed by atoms with van der Waals surface area (Å²) in [7, 11) is 0. The van der Waals surface area contributed by atoms with Gasteiger partial charge in [0.15, 0.2) is 5.78 Å². The molecule has 6 heteroatoms. The molecular formula is C30H32BrN3O2. The molecule has 0 aromatic heterocycles. The Hall–Kier alpha value is -2.46. The molecule has 2 aliphatic carbocycles. The van der Waals surface area contributed by atoms with E-state index in [1.165, 1.54) is 16.8 Å². The molecule has 36 heavy (non-hydrogen) atoms. The van der Waals surface area contributed by atoms with E-state index in [1.54, 1.807) is 0 Å². The first-order valence-electron chi connectivity index (χ1n) is 13.0. The lowest BCUT2D eigenvalue weighted by Gasteiger charge is -2.45. The van der Waals surface area contributed by atoms with Crippen LogP contribution in [0.5, 0.6) is 0 Å². The Bertz CT molecular complexity index is 1330. The first-order chi connectivity index (χ1) is 17.2. The zero-order valence-corrected chi connectivity index (χ0v) is 22.9. The molecule has 2 aromatic carbocycles. The van der Waals surface area contributed by atoms with Gasteiger partial charge in [-0.2, -0.15) is 5.26 Å². The van der Waals surface area contributed by atoms with Gasteiger partial charge in [0, 0.05) is 66.0 Å². The second-order valence-corrected chi connectivity index (χ2v) is 12.4. The highest BCUT2D eigenvalue weighted by Gasteiger charge is 2.49. The summed E-state index contributed by atoms with van der Waals surface area (Å²) in [6.45, 7) is 12.2. The van der Waals surface area contributed by atoms with E-state index in [0.717, 1.165) is 72.2 Å². The predicted octanol–water partition coefficient (Wildman–Crippen LogP) is 5.50. The van der Waals surface area contributed by atoms with Crippen molar-refractivity contribution in [2.75, 3.05) is 44.3 Å². The second kappa shape index (κ2) is 8.55. The minimum absolute atomic E-state index is 0.116. The van der Waals surface area contributed by atoms with Gasteiger partial charge in [-0.25, -0.2) is 0 Å². The summed E-state index contributed by atoms with van der Waals surface area (Å²) in [4.78, 5) is 19.1. The maximum absolute atomic E-state index is 14.0. The second-order valence-electron chi connectivity index (χ2n) is 11.5. The molecule has 0 unspecified atom stereocenters. The molecule has 2 fully saturated rings. The van der Waals surface area contributed by atoms with E-state index >= 15 is 0 Å². The van der Waals surface area contributed by atoms with Gasteiger partial charge < -0.3 is 9.64 Å². The van der Waals surface area contributed by atoms with Crippen LogP contribution < -0.4 is 4.90 Å². The first-order valence-corrected chi connectivity index (χ1v) is 13.8. The standard InChI is InChI=1S/C30H32BrN3O2/c1-29(2,3)34-10-8-33(9-11-34)26-17-23-22(16-25(26)31)28(35)27-21-5-4-19(18-32)14-20(21)15-24(27)30(23)6-12-36-13-7-30/h4-5,14,16-17H,6-13,15H2,1-3H3. The molecular weight excluding hydrogens is 514 g/mol. The SMILES string of the molecule is CC(C)(C)N1CCN(c2cc3c(cc2Br)C(=O)C2=C(Cc4cc(C#N)ccc42)C32CCOCC2)CC1. The molecule has 186 valence electrons. The lowest BCUT2D eigenvalue weighted by molar-refractivity contribution is 0.0603. The van der Waals surface area contributed by atoms with Gasteiger partial charge >= 0.3 is 0 Å². The number of allylic oxidation sites excluding steroid dienone is 2. The van der Waals surface area contributed by atoms with Crippen molar-refractivity contribution in [3.63, 3.8) is 0 Å². The van der Waals surface area contributed by atoms with Crippen molar-refractivity contribution in [1.82, 2.24) is 4.90 Å². The summed E-state index contributed by atoms with van der Waals surface area (Å²) in [5.41, 5.74) is 7.99. The number of ether oxygens (including phenoxy) is 1. The zero-order chi connectivity index (χ0) is 25.2. The fourth-order valence-electron chi connectivity index (χ4n) is 6.76. The number of rotatable bonds is 1. The van der Waals surface area contributed by atoms with E-state index in [9.17, 15) is 10.1 Å². The van der Waals surface area contributed by atoms with Crippen LogP contribution >= 0.6 is 15.9 Å². The number of hydrogen-bond acceptors (Lipinski definition) is 5. The topological polar surface area (TPSA) is 56.6 Å². The molecule has 5 nitrogen and oxygen atoms in total. The third-order valence-electron chi connectivity index (χ3n) is 8.74. The van der Waals surface area contributed by atoms with Crippen molar-refractivity contribution < 1.29 is 9.53 Å². The Morgan fingerprint density at radius 2 is 1.75 bits per heavy atom. The number of nitrogens with zero attached hydrogens (tertiary/aromatic N) is 3. The van der Waals surface area contributed by atoms with Crippen LogP contribution in [-0.4, -0.2) is 55.6 Å². The largest absolute Gasteiger partial charge is 0.381 e. The van der Waals surface area contributed by atoms with Gasteiger partial charge in [-0.15, -0.1) is 0 Å². The highest BCUT2D eigenvalue weighted by atomic mass is 79.9. The highest BCUT2D eigenvalue weighted by Crippen LogP contribution is 2.55. The molecule has 2 aliphatic heterocycles. The first kappa shape index (κ1) is 23.9. The number of nitriles is 1. The molecule has 0 radical (unpaired) electrons. The lowest BCUT2D eigenvalue weighted by atomic mass is 9.62. The molecule has 0 bridgehead atoms. The Morgan fingerprint density at radius 1 is 1.03 bits per heavy atom. The maximum atomic E-state index is 14.0. The molecule has 0 amide bonds. The number of Topliss-reactive ketones (excluding diaryl/α,β-unsaturated/α-hetero) is 1. The molecule has 2 aromatic rings. The van der Waals surface area contributed by atoms with E-state index in [4.69, 9.17) is 4.74 Å². The van der Waals surface area contributed by atoms with Crippen LogP contribution in [0.4, 0.5) is 5.69 Å². The molecule has 0 N–H and O–H groups in total. The number of ketones is 1. The number of halogens is 1. The summed E-state index contributed by atoms with van der Waals surface area (Å²) in [6.07, 6.45) is 2.50. The van der Waals surface area contributed by atoms with Crippen LogP contribution in [0.25, 0.3) is 5.57 Å². The van der Waals surface area contributed by atoms with Crippen LogP contribution in [0, 0.1) is 11.3 Å². The molecule has 6 rings (SSSR count). The number of fused-ring (bicyclic) bond motifs is 5. The fourth-order valence-corrected chi connectivity index (χ4v) is 7.35. The minimum Gasteiger partial charge on any atom is -0.381 e. The van der Waals surface area contributed by atoms with E-state index < -0.39 is 0 Å². The molecule has 0 saturated carbocycles. The Kier molecular flexibility index (Phi) is 5.68. The van der Waals surface area contributed by atoms with E-state index in [2.05, 4.69) is 64.7 Å². The van der Waals surface area contributed by atoms with Crippen molar-refractivity contribution in [3.05, 3.63) is 68.2 Å². The van der Waals surface area contributed by atoms with Crippen LogP contribution in [0.3, 0.4) is 0 Å². The van der Waals surface area contributed by atoms with Gasteiger partial charge in [0.05, 0.1) is 17.3 Å². The average Bonchev–Trinajstić information content (AvgIpc) is 3.27. The summed E-state index contributed by atoms with van der Waals surface area (Å²) < 4.78 is 6.83. The Labute approximate surface area is 221 Å². The smallest absolute Gasteiger partial charge is 0.193 e. The number of carbonyl (C=O) groups excluding carboxylic acids is 1. The zero-order valence-electron chi connectivity index (χ0n) is 21.3. The van der Waals surface area contributed by atoms with Gasteiger partial charge in [-0.3, -0.25) is 9.69 Å². The molecule has 2 saturated heterocycles. The van der Waals surface area contributed by atoms with Crippen molar-refractivity contribution in [2.24, 2.45) is 0 Å². The maximum Gasteiger partial charge on any atom is 0.193 e. The Balaban J connectivity index is 1.44. The van der Waals surface area contributed by atoms with Gasteiger partial charge in [-0.05, 0) is 102 Å². The number of carbonyl (C=O) groups is 1. The number of benzene rings is 2. The molecule has 0 atom stereocenters. The van der Waals surface area contributed by atoms with Crippen LogP contribution in [0.2, 0.25) is 0 Å². The normalized spacial score (nSPS) is 21.3. The summed E-state index contributed by atoms with van der Waals surface area (Å²) >= 11 is 3.84. The van der Waals surface area contributed by atoms with E-state index in [-0.39, 0.29) is 16.7 Å². The molecule has 1 spiro atoms. The Morgan fingerprint density at radius 3 is 2.42 bits per heavy atom. The quantitative estimate of drug-likeness (QED) is 0.473. The number of piperazine rings is 1. The van der Waals surface area contributed by atoms with Crippen LogP contribution in [0.1, 0.15) is 66.2 Å². The lowest BCUT2D eigenvalue weighted by Crippen LogP contribution is -2.53. The third kappa shape index (κ3) is 3.59. The number of anilines is 1. The minimum atomic E-state index is -0.203. The van der Waals surface area contributed by atoms with Crippen molar-refractivity contribution in [2.45, 2.75) is 51.0 Å². The number of hydrogen-bond donors (Lipinski definition) is 0. The van der Waals surface area contributed by atoms with Gasteiger partial charge in [0.2, 0.25) is 0 Å². The van der Waals surface area contributed by atoms with Crippen LogP contribution in [-0.2, 0) is 16.6 Å². The van der Waals surface area contributed by atoms with Crippen molar-refractivity contribution >= 4 is 33.0 Å². The van der Waals surface area contributed by atoms with Gasteiger partial charge in [0.25, 0.3) is 0 Å². The molecule has 2 heterocycles. The fraction of sp³-hybridized carbons (Fsp3) is 0.467. The predicted molar refractivity (Wildman–Crippen MR) is 146 cm³/mol. The van der Waals surface area contributed by atoms with E-state index in [1.807, 2.05) is 18.2 Å². The third-order valence-corrected chi connectivity index (χ3v) is 9.38. The summed E-state index contributed by atoms with van der Waals surface area (Å²) in [5.74, 6) is 0.116. The molecule has 4 aliphatic rings. The van der Waals surface area contributed by atoms with Crippen molar-refractivity contribution in [1.29, 1.82) is 5.26 Å². The van der Waals surface area contributed by atoms with Crippen LogP contribution in [0.15, 0.2) is 40.4 Å². The summed E-state index contributed by atoms with van der Waals surface area (Å²) in [6, 6.07) is 12.4. The van der Waals surface area contributed by atoms with Gasteiger partial charge in [0.1, 0.15) is 0 Å². The highest BCUT2D eigenvalue weighted by molar-refractivity contribution is 9.10.